The van der Waals surface area contributed by atoms with Gasteiger partial charge in [0.15, 0.2) is 0 Å². The Morgan fingerprint density at radius 2 is 1.70 bits per heavy atom. The normalized spacial score (nSPS) is 18.9. The lowest BCUT2D eigenvalue weighted by Gasteiger charge is -2.26. The van der Waals surface area contributed by atoms with Crippen molar-refractivity contribution in [2.24, 2.45) is 0 Å². The van der Waals surface area contributed by atoms with E-state index in [0.717, 1.165) is 29.5 Å². The first-order chi connectivity index (χ1) is 13.0. The molecule has 2 aromatic carbocycles. The van der Waals surface area contributed by atoms with Crippen molar-refractivity contribution in [1.82, 2.24) is 4.90 Å². The van der Waals surface area contributed by atoms with Crippen LogP contribution in [0.15, 0.2) is 54.1 Å². The Kier molecular flexibility index (Phi) is 5.45. The van der Waals surface area contributed by atoms with Gasteiger partial charge in [0.1, 0.15) is 5.76 Å². The largest absolute Gasteiger partial charge is 0.507 e. The number of Topliss-reactive ketones (excluding diaryl/α,β-unsaturated/α-hetero) is 1. The van der Waals surface area contributed by atoms with Crippen molar-refractivity contribution in [3.05, 3.63) is 76.4 Å². The van der Waals surface area contributed by atoms with Gasteiger partial charge >= 0.3 is 0 Å². The average molecular weight is 363 g/mol. The highest BCUT2D eigenvalue weighted by Crippen LogP contribution is 2.40. The molecule has 1 aliphatic rings. The van der Waals surface area contributed by atoms with Crippen LogP contribution in [0.5, 0.6) is 0 Å². The quantitative estimate of drug-likeness (QED) is 0.487. The second-order valence-corrected chi connectivity index (χ2v) is 6.90. The topological polar surface area (TPSA) is 57.6 Å². The van der Waals surface area contributed by atoms with E-state index in [2.05, 4.69) is 6.92 Å². The van der Waals surface area contributed by atoms with E-state index in [0.29, 0.717) is 12.1 Å². The van der Waals surface area contributed by atoms with E-state index in [1.54, 1.807) is 17.0 Å². The van der Waals surface area contributed by atoms with Crippen LogP contribution in [-0.4, -0.2) is 28.2 Å². The minimum Gasteiger partial charge on any atom is -0.507 e. The van der Waals surface area contributed by atoms with Crippen LogP contribution in [0.2, 0.25) is 0 Å². The van der Waals surface area contributed by atoms with E-state index in [-0.39, 0.29) is 11.3 Å². The van der Waals surface area contributed by atoms with Crippen molar-refractivity contribution in [3.63, 3.8) is 0 Å². The smallest absolute Gasteiger partial charge is 0.295 e. The Labute approximate surface area is 160 Å². The van der Waals surface area contributed by atoms with Gasteiger partial charge in [0.25, 0.3) is 11.7 Å². The van der Waals surface area contributed by atoms with Gasteiger partial charge < -0.3 is 10.0 Å². The number of aliphatic hydroxyl groups excluding tert-OH is 1. The van der Waals surface area contributed by atoms with E-state index in [1.807, 2.05) is 50.2 Å². The second kappa shape index (κ2) is 7.78. The molecular weight excluding hydrogens is 338 g/mol. The van der Waals surface area contributed by atoms with Crippen molar-refractivity contribution in [2.75, 3.05) is 6.54 Å². The monoisotopic (exact) mass is 363 g/mol. The minimum atomic E-state index is -0.617. The SMILES string of the molecule is CCCN1C(=O)C(=O)/C(=C(\O)c2ccc(CC)cc2)C1c1ccccc1C. The predicted octanol–water partition coefficient (Wildman–Crippen LogP) is 4.39. The number of ketones is 1. The van der Waals surface area contributed by atoms with Gasteiger partial charge in [0, 0.05) is 12.1 Å². The van der Waals surface area contributed by atoms with Gasteiger partial charge in [-0.2, -0.15) is 0 Å². The third-order valence-electron chi connectivity index (χ3n) is 5.12. The number of nitrogens with zero attached hydrogens (tertiary/aromatic N) is 1. The fourth-order valence-electron chi connectivity index (χ4n) is 3.62. The highest BCUT2D eigenvalue weighted by molar-refractivity contribution is 6.46. The van der Waals surface area contributed by atoms with Crippen LogP contribution in [0.3, 0.4) is 0 Å². The molecule has 1 N–H and O–H groups in total. The summed E-state index contributed by atoms with van der Waals surface area (Å²) in [6.45, 7) is 6.45. The molecule has 3 rings (SSSR count). The minimum absolute atomic E-state index is 0.108. The van der Waals surface area contributed by atoms with Crippen molar-refractivity contribution in [3.8, 4) is 0 Å². The van der Waals surface area contributed by atoms with Crippen LogP contribution < -0.4 is 0 Å². The molecule has 1 atom stereocenters. The van der Waals surface area contributed by atoms with Crippen LogP contribution >= 0.6 is 0 Å². The van der Waals surface area contributed by atoms with E-state index in [4.69, 9.17) is 0 Å². The zero-order chi connectivity index (χ0) is 19.6. The molecule has 1 unspecified atom stereocenters. The molecule has 0 aliphatic carbocycles. The Balaban J connectivity index is 2.18. The summed E-state index contributed by atoms with van der Waals surface area (Å²) < 4.78 is 0. The number of carbonyl (C=O) groups is 2. The van der Waals surface area contributed by atoms with E-state index in [9.17, 15) is 14.7 Å². The lowest BCUT2D eigenvalue weighted by Crippen LogP contribution is -2.30. The number of aliphatic hydroxyl groups is 1. The second-order valence-electron chi connectivity index (χ2n) is 6.90. The molecule has 1 heterocycles. The summed E-state index contributed by atoms with van der Waals surface area (Å²) >= 11 is 0. The molecule has 140 valence electrons. The predicted molar refractivity (Wildman–Crippen MR) is 106 cm³/mol. The Morgan fingerprint density at radius 3 is 2.30 bits per heavy atom. The summed E-state index contributed by atoms with van der Waals surface area (Å²) in [5, 5.41) is 11.0. The number of hydrogen-bond donors (Lipinski definition) is 1. The van der Waals surface area contributed by atoms with Gasteiger partial charge in [-0.05, 0) is 36.5 Å². The van der Waals surface area contributed by atoms with Gasteiger partial charge in [-0.15, -0.1) is 0 Å². The van der Waals surface area contributed by atoms with Gasteiger partial charge in [0.2, 0.25) is 0 Å². The van der Waals surface area contributed by atoms with Crippen molar-refractivity contribution >= 4 is 17.4 Å². The van der Waals surface area contributed by atoms with Crippen LogP contribution in [-0.2, 0) is 16.0 Å². The van der Waals surface area contributed by atoms with Gasteiger partial charge in [-0.25, -0.2) is 0 Å². The Morgan fingerprint density at radius 1 is 1.04 bits per heavy atom. The number of rotatable bonds is 5. The fraction of sp³-hybridized carbons (Fsp3) is 0.304. The average Bonchev–Trinajstić information content (AvgIpc) is 2.93. The number of amides is 1. The lowest BCUT2D eigenvalue weighted by molar-refractivity contribution is -0.139. The maximum absolute atomic E-state index is 12.8. The molecule has 0 bridgehead atoms. The third kappa shape index (κ3) is 3.39. The number of likely N-dealkylation sites (tertiary alicyclic amines) is 1. The zero-order valence-electron chi connectivity index (χ0n) is 16.0. The maximum Gasteiger partial charge on any atom is 0.295 e. The molecule has 4 nitrogen and oxygen atoms in total. The molecule has 0 aromatic heterocycles. The molecular formula is C23H25NO3. The fourth-order valence-corrected chi connectivity index (χ4v) is 3.62. The highest BCUT2D eigenvalue weighted by Gasteiger charge is 2.45. The Bertz CT molecular complexity index is 896. The number of hydrogen-bond acceptors (Lipinski definition) is 3. The molecule has 4 heteroatoms. The van der Waals surface area contributed by atoms with Crippen molar-refractivity contribution < 1.29 is 14.7 Å². The van der Waals surface area contributed by atoms with Crippen LogP contribution in [0.1, 0.15) is 48.6 Å². The molecule has 27 heavy (non-hydrogen) atoms. The van der Waals surface area contributed by atoms with E-state index >= 15 is 0 Å². The van der Waals surface area contributed by atoms with E-state index < -0.39 is 17.7 Å². The lowest BCUT2D eigenvalue weighted by atomic mass is 9.92. The molecule has 1 aliphatic heterocycles. The molecule has 1 fully saturated rings. The van der Waals surface area contributed by atoms with Crippen molar-refractivity contribution in [2.45, 2.75) is 39.7 Å². The molecule has 1 saturated heterocycles. The van der Waals surface area contributed by atoms with Crippen LogP contribution in [0.4, 0.5) is 0 Å². The first kappa shape index (κ1) is 18.9. The van der Waals surface area contributed by atoms with Gasteiger partial charge in [-0.1, -0.05) is 62.4 Å². The van der Waals surface area contributed by atoms with Crippen LogP contribution in [0.25, 0.3) is 5.76 Å². The third-order valence-corrected chi connectivity index (χ3v) is 5.12. The molecule has 0 spiro atoms. The van der Waals surface area contributed by atoms with E-state index in [1.165, 1.54) is 0 Å². The summed E-state index contributed by atoms with van der Waals surface area (Å²) in [7, 11) is 0. The molecule has 0 radical (unpaired) electrons. The van der Waals surface area contributed by atoms with Gasteiger partial charge in [-0.3, -0.25) is 9.59 Å². The first-order valence-corrected chi connectivity index (χ1v) is 9.42. The van der Waals surface area contributed by atoms with Crippen LogP contribution in [0, 0.1) is 6.92 Å². The number of benzene rings is 2. The highest BCUT2D eigenvalue weighted by atomic mass is 16.3. The summed E-state index contributed by atoms with van der Waals surface area (Å²) in [6, 6.07) is 14.6. The summed E-state index contributed by atoms with van der Waals surface area (Å²) in [5.74, 6) is -1.27. The zero-order valence-corrected chi connectivity index (χ0v) is 16.0. The standard InChI is InChI=1S/C23H25NO3/c1-4-14-24-20(18-9-7-6-8-15(18)3)19(22(26)23(24)27)21(25)17-12-10-16(5-2)11-13-17/h6-13,20,25H,4-5,14H2,1-3H3/b21-19-. The number of carbonyl (C=O) groups excluding carboxylic acids is 2. The summed E-state index contributed by atoms with van der Waals surface area (Å²) in [4.78, 5) is 27.1. The summed E-state index contributed by atoms with van der Waals surface area (Å²) in [5.41, 5.74) is 3.73. The van der Waals surface area contributed by atoms with Crippen molar-refractivity contribution in [1.29, 1.82) is 0 Å². The van der Waals surface area contributed by atoms with Gasteiger partial charge in [0.05, 0.1) is 11.6 Å². The first-order valence-electron chi connectivity index (χ1n) is 9.42. The summed E-state index contributed by atoms with van der Waals surface area (Å²) in [6.07, 6.45) is 1.63. The molecule has 0 saturated carbocycles. The number of aryl methyl sites for hydroxylation is 2. The molecule has 1 amide bonds. The molecule has 2 aromatic rings. The Hall–Kier alpha value is -2.88. The maximum atomic E-state index is 12.8.